The lowest BCUT2D eigenvalue weighted by Gasteiger charge is -2.15. The van der Waals surface area contributed by atoms with Crippen molar-refractivity contribution in [3.63, 3.8) is 0 Å². The van der Waals surface area contributed by atoms with E-state index in [0.717, 1.165) is 10.6 Å². The van der Waals surface area contributed by atoms with E-state index in [1.165, 1.54) is 45.5 Å². The third-order valence-corrected chi connectivity index (χ3v) is 5.92. The fraction of sp³-hybridized carbons (Fsp3) is 0.417. The average Bonchev–Trinajstić information content (AvgIpc) is 2.45. The van der Waals surface area contributed by atoms with Gasteiger partial charge in [0.25, 0.3) is 10.0 Å². The van der Waals surface area contributed by atoms with Crippen LogP contribution in [-0.4, -0.2) is 65.5 Å². The fourth-order valence-electron chi connectivity index (χ4n) is 1.48. The molecule has 130 valence electrons. The van der Waals surface area contributed by atoms with Crippen molar-refractivity contribution in [3.05, 3.63) is 24.3 Å². The zero-order valence-corrected chi connectivity index (χ0v) is 14.8. The summed E-state index contributed by atoms with van der Waals surface area (Å²) >= 11 is 0. The van der Waals surface area contributed by atoms with E-state index in [1.54, 1.807) is 0 Å². The highest BCUT2D eigenvalue weighted by atomic mass is 32.2. The molecule has 0 spiro atoms. The number of carbonyl (C=O) groups excluding carboxylic acids is 1. The van der Waals surface area contributed by atoms with Crippen LogP contribution in [0.4, 0.5) is 5.69 Å². The highest BCUT2D eigenvalue weighted by Crippen LogP contribution is 2.17. The standard InChI is InChI=1S/C12H19N3O6S2/c1-14(22(4,17)18)9-12(16)13-10-5-7-11(8-6-10)23(19,20)15(2)21-3/h5-8H,9H2,1-4H3,(H,13,16). The number of nitrogens with one attached hydrogen (secondary N) is 1. The van der Waals surface area contributed by atoms with Crippen LogP contribution in [0.5, 0.6) is 0 Å². The number of anilines is 1. The molecular weight excluding hydrogens is 346 g/mol. The van der Waals surface area contributed by atoms with E-state index >= 15 is 0 Å². The maximum absolute atomic E-state index is 12.0. The number of sulfonamides is 2. The fourth-order valence-corrected chi connectivity index (χ4v) is 2.80. The van der Waals surface area contributed by atoms with Crippen molar-refractivity contribution in [1.82, 2.24) is 8.77 Å². The topological polar surface area (TPSA) is 113 Å². The van der Waals surface area contributed by atoms with Crippen molar-refractivity contribution < 1.29 is 26.5 Å². The summed E-state index contributed by atoms with van der Waals surface area (Å²) < 4.78 is 48.1. The number of carbonyl (C=O) groups is 1. The van der Waals surface area contributed by atoms with Gasteiger partial charge in [-0.2, -0.15) is 4.31 Å². The molecular formula is C12H19N3O6S2. The Balaban J connectivity index is 2.81. The van der Waals surface area contributed by atoms with Gasteiger partial charge in [-0.1, -0.05) is 4.47 Å². The predicted octanol–water partition coefficient (Wildman–Crippen LogP) is -0.302. The monoisotopic (exact) mass is 365 g/mol. The van der Waals surface area contributed by atoms with Gasteiger partial charge in [0.15, 0.2) is 0 Å². The van der Waals surface area contributed by atoms with E-state index in [-0.39, 0.29) is 11.4 Å². The summed E-state index contributed by atoms with van der Waals surface area (Å²) in [5, 5.41) is 2.48. The third kappa shape index (κ3) is 5.25. The van der Waals surface area contributed by atoms with Crippen LogP contribution in [0, 0.1) is 0 Å². The molecule has 0 bridgehead atoms. The lowest BCUT2D eigenvalue weighted by Crippen LogP contribution is -2.34. The number of hydrogen-bond donors (Lipinski definition) is 1. The van der Waals surface area contributed by atoms with Crippen LogP contribution >= 0.6 is 0 Å². The maximum Gasteiger partial charge on any atom is 0.264 e. The van der Waals surface area contributed by atoms with Crippen molar-refractivity contribution in [2.75, 3.05) is 39.3 Å². The third-order valence-electron chi connectivity index (χ3n) is 2.96. The second-order valence-corrected chi connectivity index (χ2v) is 8.71. The summed E-state index contributed by atoms with van der Waals surface area (Å²) in [5.74, 6) is -0.539. The van der Waals surface area contributed by atoms with Crippen LogP contribution in [0.15, 0.2) is 29.2 Å². The van der Waals surface area contributed by atoms with Gasteiger partial charge in [-0.25, -0.2) is 16.8 Å². The average molecular weight is 365 g/mol. The molecule has 1 rings (SSSR count). The Hall–Kier alpha value is -1.53. The molecule has 1 aromatic carbocycles. The first-order chi connectivity index (χ1) is 10.5. The smallest absolute Gasteiger partial charge is 0.264 e. The minimum Gasteiger partial charge on any atom is -0.325 e. The quantitative estimate of drug-likeness (QED) is 0.664. The molecule has 1 amide bonds. The van der Waals surface area contributed by atoms with E-state index in [9.17, 15) is 21.6 Å². The van der Waals surface area contributed by atoms with Crippen LogP contribution in [0.3, 0.4) is 0 Å². The number of amides is 1. The van der Waals surface area contributed by atoms with Gasteiger partial charge in [0.05, 0.1) is 24.8 Å². The minimum atomic E-state index is -3.76. The Bertz CT molecular complexity index is 758. The van der Waals surface area contributed by atoms with E-state index in [1.807, 2.05) is 0 Å². The second-order valence-electron chi connectivity index (χ2n) is 4.69. The van der Waals surface area contributed by atoms with E-state index in [4.69, 9.17) is 0 Å². The first kappa shape index (κ1) is 19.5. The SMILES string of the molecule is CON(C)S(=O)(=O)c1ccc(NC(=O)CN(C)S(C)(=O)=O)cc1. The first-order valence-corrected chi connectivity index (χ1v) is 9.61. The highest BCUT2D eigenvalue weighted by molar-refractivity contribution is 7.89. The molecule has 0 radical (unpaired) electrons. The summed E-state index contributed by atoms with van der Waals surface area (Å²) in [6.45, 7) is -0.342. The van der Waals surface area contributed by atoms with Crippen LogP contribution in [0.2, 0.25) is 0 Å². The molecule has 0 aliphatic heterocycles. The zero-order valence-electron chi connectivity index (χ0n) is 13.2. The maximum atomic E-state index is 12.0. The molecule has 1 aromatic rings. The molecule has 0 saturated heterocycles. The Morgan fingerprint density at radius 3 is 2.09 bits per heavy atom. The normalized spacial score (nSPS) is 12.6. The second kappa shape index (κ2) is 7.36. The lowest BCUT2D eigenvalue weighted by molar-refractivity contribution is -0.116. The van der Waals surface area contributed by atoms with Gasteiger partial charge in [-0.15, -0.1) is 0 Å². The van der Waals surface area contributed by atoms with Gasteiger partial charge in [-0.05, 0) is 24.3 Å². The molecule has 1 N–H and O–H groups in total. The van der Waals surface area contributed by atoms with Crippen molar-refractivity contribution in [2.24, 2.45) is 0 Å². The molecule has 0 aromatic heterocycles. The predicted molar refractivity (Wildman–Crippen MR) is 84.5 cm³/mol. The van der Waals surface area contributed by atoms with Gasteiger partial charge >= 0.3 is 0 Å². The molecule has 23 heavy (non-hydrogen) atoms. The van der Waals surface area contributed by atoms with E-state index < -0.39 is 26.0 Å². The molecule has 11 heteroatoms. The Kier molecular flexibility index (Phi) is 6.25. The van der Waals surface area contributed by atoms with E-state index in [2.05, 4.69) is 10.2 Å². The zero-order chi connectivity index (χ0) is 17.8. The molecule has 0 aliphatic carbocycles. The molecule has 0 unspecified atom stereocenters. The molecule has 0 aliphatic rings. The Labute approximate surface area is 135 Å². The lowest BCUT2D eigenvalue weighted by atomic mass is 10.3. The van der Waals surface area contributed by atoms with Crippen molar-refractivity contribution in [2.45, 2.75) is 4.90 Å². The molecule has 0 saturated carbocycles. The van der Waals surface area contributed by atoms with Crippen LogP contribution in [-0.2, 0) is 29.7 Å². The Morgan fingerprint density at radius 1 is 1.13 bits per heavy atom. The van der Waals surface area contributed by atoms with Crippen LogP contribution in [0.25, 0.3) is 0 Å². The molecule has 9 nitrogen and oxygen atoms in total. The number of hydrogen-bond acceptors (Lipinski definition) is 6. The number of benzene rings is 1. The summed E-state index contributed by atoms with van der Waals surface area (Å²) in [6.07, 6.45) is 0.992. The van der Waals surface area contributed by atoms with Crippen molar-refractivity contribution in [1.29, 1.82) is 0 Å². The number of rotatable bonds is 7. The number of nitrogens with zero attached hydrogens (tertiary/aromatic N) is 2. The summed E-state index contributed by atoms with van der Waals surface area (Å²) in [5.41, 5.74) is 0.343. The highest BCUT2D eigenvalue weighted by Gasteiger charge is 2.20. The van der Waals surface area contributed by atoms with Gasteiger partial charge < -0.3 is 5.32 Å². The Morgan fingerprint density at radius 2 is 1.65 bits per heavy atom. The van der Waals surface area contributed by atoms with Crippen molar-refractivity contribution >= 4 is 31.6 Å². The van der Waals surface area contributed by atoms with Crippen molar-refractivity contribution in [3.8, 4) is 0 Å². The molecule has 0 fully saturated rings. The van der Waals surface area contributed by atoms with Gasteiger partial charge in [-0.3, -0.25) is 9.63 Å². The van der Waals surface area contributed by atoms with Gasteiger partial charge in [0.1, 0.15) is 0 Å². The number of hydroxylamine groups is 1. The number of likely N-dealkylation sites (N-methyl/N-ethyl adjacent to an activating group) is 1. The van der Waals surface area contributed by atoms with Gasteiger partial charge in [0.2, 0.25) is 15.9 Å². The van der Waals surface area contributed by atoms with Crippen LogP contribution in [0.1, 0.15) is 0 Å². The summed E-state index contributed by atoms with van der Waals surface area (Å²) in [7, 11) is -3.45. The molecule has 0 atom stereocenters. The molecule has 0 heterocycles. The van der Waals surface area contributed by atoms with Crippen LogP contribution < -0.4 is 5.32 Å². The summed E-state index contributed by atoms with van der Waals surface area (Å²) in [6, 6.07) is 5.41. The van der Waals surface area contributed by atoms with E-state index in [0.29, 0.717) is 10.2 Å². The minimum absolute atomic E-state index is 0.00639. The van der Waals surface area contributed by atoms with Gasteiger partial charge in [0, 0.05) is 19.8 Å². The summed E-state index contributed by atoms with van der Waals surface area (Å²) in [4.78, 5) is 16.4. The first-order valence-electron chi connectivity index (χ1n) is 6.32. The largest absolute Gasteiger partial charge is 0.325 e.